The first kappa shape index (κ1) is 15.6. The van der Waals surface area contributed by atoms with Crippen molar-refractivity contribution in [1.29, 1.82) is 0 Å². The van der Waals surface area contributed by atoms with Crippen LogP contribution < -0.4 is 10.5 Å². The predicted molar refractivity (Wildman–Crippen MR) is 74.7 cm³/mol. The van der Waals surface area contributed by atoms with Crippen molar-refractivity contribution in [2.75, 3.05) is 0 Å². The van der Waals surface area contributed by atoms with Crippen molar-refractivity contribution in [3.63, 3.8) is 0 Å². The molecule has 0 amide bonds. The minimum atomic E-state index is -4.01. The van der Waals surface area contributed by atoms with Crippen LogP contribution in [0, 0.1) is 11.6 Å². The van der Waals surface area contributed by atoms with Crippen LogP contribution in [0.1, 0.15) is 11.1 Å². The topological polar surface area (TPSA) is 72.2 Å². The van der Waals surface area contributed by atoms with Gasteiger partial charge >= 0.3 is 0 Å². The Balaban J connectivity index is 2.20. The number of halogens is 2. The van der Waals surface area contributed by atoms with Crippen molar-refractivity contribution in [2.24, 2.45) is 5.73 Å². The van der Waals surface area contributed by atoms with Crippen molar-refractivity contribution in [2.45, 2.75) is 18.0 Å². The van der Waals surface area contributed by atoms with Gasteiger partial charge in [0.15, 0.2) is 0 Å². The molecule has 2 aromatic rings. The SMILES string of the molecule is NCc1ccc(F)c(S(=O)(=O)NCc2ccc(F)cc2)c1. The third-order valence-electron chi connectivity index (χ3n) is 2.90. The van der Waals surface area contributed by atoms with E-state index in [1.807, 2.05) is 0 Å². The summed E-state index contributed by atoms with van der Waals surface area (Å²) in [6.45, 7) is 0.0513. The molecule has 21 heavy (non-hydrogen) atoms. The summed E-state index contributed by atoms with van der Waals surface area (Å²) in [5, 5.41) is 0. The second kappa shape index (κ2) is 6.30. The van der Waals surface area contributed by atoms with Crippen LogP contribution in [0.25, 0.3) is 0 Å². The summed E-state index contributed by atoms with van der Waals surface area (Å²) < 4.78 is 52.9. The number of hydrogen-bond acceptors (Lipinski definition) is 3. The predicted octanol–water partition coefficient (Wildman–Crippen LogP) is 1.90. The first-order valence-corrected chi connectivity index (χ1v) is 7.63. The quantitative estimate of drug-likeness (QED) is 0.886. The second-order valence-electron chi connectivity index (χ2n) is 4.42. The van der Waals surface area contributed by atoms with Crippen LogP contribution in [0.2, 0.25) is 0 Å². The van der Waals surface area contributed by atoms with Gasteiger partial charge in [0.25, 0.3) is 0 Å². The highest BCUT2D eigenvalue weighted by Crippen LogP contribution is 2.16. The molecule has 0 heterocycles. The molecule has 2 aromatic carbocycles. The molecule has 0 spiro atoms. The lowest BCUT2D eigenvalue weighted by molar-refractivity contribution is 0.556. The molecule has 0 unspecified atom stereocenters. The number of hydrogen-bond donors (Lipinski definition) is 2. The molecule has 0 atom stereocenters. The van der Waals surface area contributed by atoms with Crippen LogP contribution in [-0.4, -0.2) is 8.42 Å². The Labute approximate surface area is 121 Å². The van der Waals surface area contributed by atoms with Crippen molar-refractivity contribution in [1.82, 2.24) is 4.72 Å². The van der Waals surface area contributed by atoms with Crippen molar-refractivity contribution < 1.29 is 17.2 Å². The third-order valence-corrected chi connectivity index (χ3v) is 4.32. The Morgan fingerprint density at radius 1 is 1.00 bits per heavy atom. The fourth-order valence-electron chi connectivity index (χ4n) is 1.74. The van der Waals surface area contributed by atoms with Crippen molar-refractivity contribution >= 4 is 10.0 Å². The van der Waals surface area contributed by atoms with Gasteiger partial charge in [0, 0.05) is 13.1 Å². The molecule has 0 saturated carbocycles. The standard InChI is InChI=1S/C14H14F2N2O2S/c15-12-4-1-10(2-5-12)9-18-21(19,20)14-7-11(8-17)3-6-13(14)16/h1-7,18H,8-9,17H2. The molecular formula is C14H14F2N2O2S. The van der Waals surface area contributed by atoms with E-state index in [2.05, 4.69) is 4.72 Å². The average molecular weight is 312 g/mol. The second-order valence-corrected chi connectivity index (χ2v) is 6.16. The summed E-state index contributed by atoms with van der Waals surface area (Å²) in [7, 11) is -4.01. The first-order chi connectivity index (χ1) is 9.92. The summed E-state index contributed by atoms with van der Waals surface area (Å²) in [5.74, 6) is -1.26. The van der Waals surface area contributed by atoms with Crippen LogP contribution in [-0.2, 0) is 23.1 Å². The zero-order valence-corrected chi connectivity index (χ0v) is 11.8. The Morgan fingerprint density at radius 2 is 1.62 bits per heavy atom. The molecule has 2 rings (SSSR count). The molecule has 0 saturated heterocycles. The summed E-state index contributed by atoms with van der Waals surface area (Å²) in [6, 6.07) is 9.03. The molecule has 0 fully saturated rings. The van der Waals surface area contributed by atoms with Crippen molar-refractivity contribution in [3.05, 3.63) is 65.2 Å². The van der Waals surface area contributed by atoms with Gasteiger partial charge in [-0.2, -0.15) is 0 Å². The molecule has 0 aliphatic heterocycles. The fraction of sp³-hybridized carbons (Fsp3) is 0.143. The lowest BCUT2D eigenvalue weighted by Crippen LogP contribution is -2.24. The Morgan fingerprint density at radius 3 is 2.24 bits per heavy atom. The highest BCUT2D eigenvalue weighted by molar-refractivity contribution is 7.89. The third kappa shape index (κ3) is 3.84. The van der Waals surface area contributed by atoms with Gasteiger partial charge in [0.2, 0.25) is 10.0 Å². The Hall–Kier alpha value is -1.83. The number of nitrogens with one attached hydrogen (secondary N) is 1. The zero-order valence-electron chi connectivity index (χ0n) is 11.0. The van der Waals surface area contributed by atoms with Gasteiger partial charge in [0.05, 0.1) is 0 Å². The molecule has 112 valence electrons. The summed E-state index contributed by atoms with van der Waals surface area (Å²) in [5.41, 5.74) is 6.50. The van der Waals surface area contributed by atoms with Crippen LogP contribution >= 0.6 is 0 Å². The average Bonchev–Trinajstić information content (AvgIpc) is 2.47. The van der Waals surface area contributed by atoms with E-state index < -0.39 is 26.6 Å². The molecular weight excluding hydrogens is 298 g/mol. The molecule has 0 bridgehead atoms. The number of sulfonamides is 1. The smallest absolute Gasteiger partial charge is 0.243 e. The van der Waals surface area contributed by atoms with Crippen LogP contribution in [0.3, 0.4) is 0 Å². The highest BCUT2D eigenvalue weighted by Gasteiger charge is 2.19. The minimum Gasteiger partial charge on any atom is -0.326 e. The van der Waals surface area contributed by atoms with Gasteiger partial charge in [-0.25, -0.2) is 21.9 Å². The molecule has 7 heteroatoms. The van der Waals surface area contributed by atoms with E-state index in [1.54, 1.807) is 0 Å². The van der Waals surface area contributed by atoms with Gasteiger partial charge in [-0.1, -0.05) is 18.2 Å². The minimum absolute atomic E-state index is 0.0606. The summed E-state index contributed by atoms with van der Waals surface area (Å²) in [4.78, 5) is -0.451. The van der Waals surface area contributed by atoms with Gasteiger partial charge in [-0.3, -0.25) is 0 Å². The van der Waals surface area contributed by atoms with Gasteiger partial charge in [-0.05, 0) is 35.4 Å². The van der Waals surface area contributed by atoms with Crippen LogP contribution in [0.4, 0.5) is 8.78 Å². The largest absolute Gasteiger partial charge is 0.326 e. The maximum Gasteiger partial charge on any atom is 0.243 e. The summed E-state index contributed by atoms with van der Waals surface area (Å²) in [6.07, 6.45) is 0. The summed E-state index contributed by atoms with van der Waals surface area (Å²) >= 11 is 0. The molecule has 0 aliphatic rings. The van der Waals surface area contributed by atoms with Gasteiger partial charge < -0.3 is 5.73 Å². The van der Waals surface area contributed by atoms with E-state index in [1.165, 1.54) is 36.4 Å². The van der Waals surface area contributed by atoms with E-state index in [0.717, 1.165) is 6.07 Å². The Kier molecular flexibility index (Phi) is 4.66. The monoisotopic (exact) mass is 312 g/mol. The van der Waals surface area contributed by atoms with E-state index in [0.29, 0.717) is 11.1 Å². The maximum atomic E-state index is 13.7. The zero-order chi connectivity index (χ0) is 15.5. The number of rotatable bonds is 5. The van der Waals surface area contributed by atoms with E-state index in [-0.39, 0.29) is 13.1 Å². The number of nitrogens with two attached hydrogens (primary N) is 1. The van der Waals surface area contributed by atoms with Gasteiger partial charge in [0.1, 0.15) is 16.5 Å². The lowest BCUT2D eigenvalue weighted by atomic mass is 10.2. The molecule has 0 aliphatic carbocycles. The lowest BCUT2D eigenvalue weighted by Gasteiger charge is -2.09. The van der Waals surface area contributed by atoms with E-state index in [9.17, 15) is 17.2 Å². The molecule has 3 N–H and O–H groups in total. The number of benzene rings is 2. The molecule has 4 nitrogen and oxygen atoms in total. The first-order valence-electron chi connectivity index (χ1n) is 6.15. The van der Waals surface area contributed by atoms with Crippen LogP contribution in [0.15, 0.2) is 47.4 Å². The van der Waals surface area contributed by atoms with E-state index in [4.69, 9.17) is 5.73 Å². The fourth-order valence-corrected chi connectivity index (χ4v) is 2.88. The van der Waals surface area contributed by atoms with Gasteiger partial charge in [-0.15, -0.1) is 0 Å². The molecule has 0 aromatic heterocycles. The molecule has 0 radical (unpaired) electrons. The van der Waals surface area contributed by atoms with Crippen molar-refractivity contribution in [3.8, 4) is 0 Å². The van der Waals surface area contributed by atoms with E-state index >= 15 is 0 Å². The Bertz CT molecular complexity index is 731. The highest BCUT2D eigenvalue weighted by atomic mass is 32.2. The van der Waals surface area contributed by atoms with Crippen LogP contribution in [0.5, 0.6) is 0 Å². The normalized spacial score (nSPS) is 11.6. The maximum absolute atomic E-state index is 13.7.